The Kier molecular flexibility index (Phi) is 5.07. The molecule has 0 aliphatic carbocycles. The van der Waals surface area contributed by atoms with Gasteiger partial charge in [0.05, 0.1) is 4.34 Å². The van der Waals surface area contributed by atoms with Crippen molar-refractivity contribution in [1.82, 2.24) is 14.5 Å². The number of benzene rings is 1. The molecule has 27 heavy (non-hydrogen) atoms. The van der Waals surface area contributed by atoms with Gasteiger partial charge in [0.15, 0.2) is 0 Å². The molecule has 0 spiro atoms. The third-order valence-corrected chi connectivity index (χ3v) is 8.25. The smallest absolute Gasteiger partial charge is 0.252 e. The van der Waals surface area contributed by atoms with Crippen molar-refractivity contribution in [3.05, 3.63) is 52.2 Å². The lowest BCUT2D eigenvalue weighted by molar-refractivity contribution is 0.292. The highest BCUT2D eigenvalue weighted by Crippen LogP contribution is 2.34. The molecule has 2 aromatic heterocycles. The summed E-state index contributed by atoms with van der Waals surface area (Å²) in [5, 5.41) is 8.35. The summed E-state index contributed by atoms with van der Waals surface area (Å²) in [6.45, 7) is 2.85. The number of hydrogen-bond acceptors (Lipinski definition) is 6. The van der Waals surface area contributed by atoms with Crippen LogP contribution in [0.15, 0.2) is 45.0 Å². The van der Waals surface area contributed by atoms with Crippen LogP contribution in [0, 0.1) is 6.92 Å². The zero-order valence-corrected chi connectivity index (χ0v) is 17.0. The number of hydrogen-bond donors (Lipinski definition) is 0. The van der Waals surface area contributed by atoms with Gasteiger partial charge in [0.25, 0.3) is 10.0 Å². The van der Waals surface area contributed by atoms with Crippen molar-refractivity contribution < 1.29 is 12.8 Å². The van der Waals surface area contributed by atoms with Gasteiger partial charge >= 0.3 is 0 Å². The summed E-state index contributed by atoms with van der Waals surface area (Å²) in [5.41, 5.74) is 2.02. The molecule has 0 radical (unpaired) electrons. The molecule has 1 fully saturated rings. The highest BCUT2D eigenvalue weighted by atomic mass is 35.5. The van der Waals surface area contributed by atoms with Crippen LogP contribution in [0.2, 0.25) is 4.34 Å². The van der Waals surface area contributed by atoms with Crippen molar-refractivity contribution >= 4 is 33.0 Å². The maximum atomic E-state index is 12.7. The maximum absolute atomic E-state index is 12.7. The van der Waals surface area contributed by atoms with Crippen LogP contribution in [0.1, 0.15) is 30.2 Å². The first-order chi connectivity index (χ1) is 12.9. The summed E-state index contributed by atoms with van der Waals surface area (Å²) < 4.78 is 33.5. The number of piperidine rings is 1. The van der Waals surface area contributed by atoms with Crippen molar-refractivity contribution in [3.63, 3.8) is 0 Å². The van der Waals surface area contributed by atoms with E-state index in [0.29, 0.717) is 42.0 Å². The Morgan fingerprint density at radius 3 is 2.63 bits per heavy atom. The van der Waals surface area contributed by atoms with Crippen LogP contribution in [0.25, 0.3) is 11.5 Å². The molecule has 4 rings (SSSR count). The Morgan fingerprint density at radius 1 is 1.19 bits per heavy atom. The summed E-state index contributed by atoms with van der Waals surface area (Å²) in [6, 6.07) is 11.1. The lowest BCUT2D eigenvalue weighted by Gasteiger charge is -2.29. The molecule has 0 atom stereocenters. The Morgan fingerprint density at radius 2 is 1.96 bits per heavy atom. The lowest BCUT2D eigenvalue weighted by atomic mass is 9.98. The Balaban J connectivity index is 1.45. The van der Waals surface area contributed by atoms with E-state index in [1.54, 1.807) is 12.1 Å². The normalized spacial score (nSPS) is 16.7. The van der Waals surface area contributed by atoms with Gasteiger partial charge in [-0.15, -0.1) is 21.5 Å². The first-order valence-electron chi connectivity index (χ1n) is 8.59. The van der Waals surface area contributed by atoms with Crippen LogP contribution < -0.4 is 0 Å². The molecule has 3 heterocycles. The van der Waals surface area contributed by atoms with E-state index in [9.17, 15) is 8.42 Å². The van der Waals surface area contributed by atoms with Crippen molar-refractivity contribution in [1.29, 1.82) is 0 Å². The third-order valence-electron chi connectivity index (χ3n) is 4.65. The lowest BCUT2D eigenvalue weighted by Crippen LogP contribution is -2.37. The van der Waals surface area contributed by atoms with Crippen LogP contribution in [0.5, 0.6) is 0 Å². The van der Waals surface area contributed by atoms with E-state index < -0.39 is 10.0 Å². The molecule has 0 N–H and O–H groups in total. The van der Waals surface area contributed by atoms with Gasteiger partial charge in [-0.3, -0.25) is 0 Å². The second-order valence-corrected chi connectivity index (χ2v) is 10.4. The summed E-state index contributed by atoms with van der Waals surface area (Å²) in [4.78, 5) is 0. The SMILES string of the molecule is Cc1cccc(-c2nnc(C3CCN(S(=O)(=O)c4ccc(Cl)s4)CC3)o2)c1. The molecule has 0 amide bonds. The molecule has 1 aromatic carbocycles. The average molecular weight is 424 g/mol. The van der Waals surface area contributed by atoms with Crippen LogP contribution in [-0.2, 0) is 10.0 Å². The molecule has 0 unspecified atom stereocenters. The highest BCUT2D eigenvalue weighted by Gasteiger charge is 2.32. The van der Waals surface area contributed by atoms with Gasteiger partial charge < -0.3 is 4.42 Å². The molecular weight excluding hydrogens is 406 g/mol. The molecule has 142 valence electrons. The summed E-state index contributed by atoms with van der Waals surface area (Å²) in [7, 11) is -3.49. The number of rotatable bonds is 4. The predicted octanol–water partition coefficient (Wildman–Crippen LogP) is 4.33. The quantitative estimate of drug-likeness (QED) is 0.624. The number of sulfonamides is 1. The molecule has 0 bridgehead atoms. The fraction of sp³-hybridized carbons (Fsp3) is 0.333. The highest BCUT2D eigenvalue weighted by molar-refractivity contribution is 7.91. The van der Waals surface area contributed by atoms with Gasteiger partial charge in [-0.2, -0.15) is 4.31 Å². The fourth-order valence-corrected chi connectivity index (χ4v) is 6.31. The van der Waals surface area contributed by atoms with Crippen LogP contribution in [-0.4, -0.2) is 36.0 Å². The van der Waals surface area contributed by atoms with Crippen LogP contribution in [0.3, 0.4) is 0 Å². The Hall–Kier alpha value is -1.74. The largest absolute Gasteiger partial charge is 0.420 e. The van der Waals surface area contributed by atoms with E-state index in [1.165, 1.54) is 4.31 Å². The summed E-state index contributed by atoms with van der Waals surface area (Å²) in [5.74, 6) is 1.13. The van der Waals surface area contributed by atoms with Gasteiger partial charge in [-0.25, -0.2) is 8.42 Å². The number of aromatic nitrogens is 2. The fourth-order valence-electron chi connectivity index (χ4n) is 3.20. The molecule has 0 saturated carbocycles. The molecule has 1 saturated heterocycles. The monoisotopic (exact) mass is 423 g/mol. The van der Waals surface area contributed by atoms with Crippen LogP contribution >= 0.6 is 22.9 Å². The van der Waals surface area contributed by atoms with E-state index in [4.69, 9.17) is 16.0 Å². The molecule has 3 aromatic rings. The minimum absolute atomic E-state index is 0.0643. The third kappa shape index (κ3) is 3.80. The number of thiophene rings is 1. The molecular formula is C18H18ClN3O3S2. The molecule has 9 heteroatoms. The van der Waals surface area contributed by atoms with Crippen molar-refractivity contribution in [2.75, 3.05) is 13.1 Å². The average Bonchev–Trinajstić information content (AvgIpc) is 3.31. The molecule has 1 aliphatic heterocycles. The standard InChI is InChI=1S/C18H18ClN3O3S2/c1-12-3-2-4-14(11-12)18-21-20-17(25-18)13-7-9-22(10-8-13)27(23,24)16-6-5-15(19)26-16/h2-6,11,13H,7-10H2,1H3. The van der Waals surface area contributed by atoms with E-state index in [1.807, 2.05) is 31.2 Å². The number of aryl methyl sites for hydroxylation is 1. The van der Waals surface area contributed by atoms with Crippen molar-refractivity contribution in [3.8, 4) is 11.5 Å². The summed E-state index contributed by atoms with van der Waals surface area (Å²) >= 11 is 6.96. The van der Waals surface area contributed by atoms with Gasteiger partial charge in [0.1, 0.15) is 4.21 Å². The second kappa shape index (κ2) is 7.35. The van der Waals surface area contributed by atoms with E-state index >= 15 is 0 Å². The number of nitrogens with zero attached hydrogens (tertiary/aromatic N) is 3. The van der Waals surface area contributed by atoms with Gasteiger partial charge in [0, 0.05) is 24.6 Å². The maximum Gasteiger partial charge on any atom is 0.252 e. The summed E-state index contributed by atoms with van der Waals surface area (Å²) in [6.07, 6.45) is 1.29. The Labute approximate surface area is 166 Å². The van der Waals surface area contributed by atoms with Crippen molar-refractivity contribution in [2.45, 2.75) is 29.9 Å². The predicted molar refractivity (Wildman–Crippen MR) is 105 cm³/mol. The van der Waals surface area contributed by atoms with Gasteiger partial charge in [-0.1, -0.05) is 29.3 Å². The van der Waals surface area contributed by atoms with E-state index in [2.05, 4.69) is 10.2 Å². The van der Waals surface area contributed by atoms with Crippen LogP contribution in [0.4, 0.5) is 0 Å². The van der Waals surface area contributed by atoms with E-state index in [-0.39, 0.29) is 10.1 Å². The topological polar surface area (TPSA) is 76.3 Å². The zero-order valence-electron chi connectivity index (χ0n) is 14.6. The minimum atomic E-state index is -3.49. The van der Waals surface area contributed by atoms with Crippen molar-refractivity contribution in [2.24, 2.45) is 0 Å². The zero-order chi connectivity index (χ0) is 19.0. The second-order valence-electron chi connectivity index (χ2n) is 6.55. The first-order valence-corrected chi connectivity index (χ1v) is 11.2. The Bertz CT molecular complexity index is 1050. The molecule has 6 nitrogen and oxygen atoms in total. The van der Waals surface area contributed by atoms with E-state index in [0.717, 1.165) is 22.5 Å². The van der Waals surface area contributed by atoms with Gasteiger partial charge in [0.2, 0.25) is 11.8 Å². The number of halogens is 1. The first kappa shape index (κ1) is 18.6. The molecule has 1 aliphatic rings. The minimum Gasteiger partial charge on any atom is -0.420 e. The van der Waals surface area contributed by atoms with Gasteiger partial charge in [-0.05, 0) is 44.0 Å².